The van der Waals surface area contributed by atoms with E-state index >= 15 is 0 Å². The van der Waals surface area contributed by atoms with Crippen LogP contribution in [0, 0.1) is 12.8 Å². The van der Waals surface area contributed by atoms with Crippen molar-refractivity contribution in [2.24, 2.45) is 5.92 Å². The molecule has 2 heterocycles. The van der Waals surface area contributed by atoms with Gasteiger partial charge in [-0.25, -0.2) is 17.9 Å². The number of sulfonamides is 1. The van der Waals surface area contributed by atoms with Crippen LogP contribution in [0.5, 0.6) is 0 Å². The number of hydrogen-bond acceptors (Lipinski definition) is 5. The van der Waals surface area contributed by atoms with E-state index in [-0.39, 0.29) is 16.5 Å². The van der Waals surface area contributed by atoms with Gasteiger partial charge in [-0.15, -0.1) is 0 Å². The fourth-order valence-electron chi connectivity index (χ4n) is 2.63. The number of H-pyrrole nitrogens is 1. The van der Waals surface area contributed by atoms with E-state index in [0.717, 1.165) is 25.9 Å². The van der Waals surface area contributed by atoms with Gasteiger partial charge < -0.3 is 10.0 Å². The van der Waals surface area contributed by atoms with Crippen molar-refractivity contribution in [3.8, 4) is 0 Å². The maximum atomic E-state index is 12.3. The van der Waals surface area contributed by atoms with Gasteiger partial charge in [0.15, 0.2) is 5.69 Å². The minimum atomic E-state index is -3.88. The summed E-state index contributed by atoms with van der Waals surface area (Å²) >= 11 is 0. The molecule has 21 heavy (non-hydrogen) atoms. The SMILES string of the molecule is Cc1[nH]nc(C(=O)O)c1S(=O)(=O)NCC1CCCN(C)C1. The van der Waals surface area contributed by atoms with Crippen LogP contribution in [0.3, 0.4) is 0 Å². The molecule has 0 aromatic carbocycles. The van der Waals surface area contributed by atoms with Crippen LogP contribution >= 0.6 is 0 Å². The average Bonchev–Trinajstić information content (AvgIpc) is 2.80. The molecular formula is C12H20N4O4S. The number of rotatable bonds is 5. The first-order chi connectivity index (χ1) is 9.81. The zero-order valence-electron chi connectivity index (χ0n) is 12.1. The fourth-order valence-corrected chi connectivity index (χ4v) is 4.07. The maximum absolute atomic E-state index is 12.3. The largest absolute Gasteiger partial charge is 0.476 e. The Balaban J connectivity index is 2.12. The summed E-state index contributed by atoms with van der Waals surface area (Å²) in [5, 5.41) is 15.0. The normalized spacial score (nSPS) is 20.6. The van der Waals surface area contributed by atoms with Gasteiger partial charge >= 0.3 is 5.97 Å². The summed E-state index contributed by atoms with van der Waals surface area (Å²) in [5.41, 5.74) is -0.249. The van der Waals surface area contributed by atoms with E-state index in [1.807, 2.05) is 7.05 Å². The minimum Gasteiger partial charge on any atom is -0.476 e. The van der Waals surface area contributed by atoms with Crippen LogP contribution in [0.4, 0.5) is 0 Å². The zero-order chi connectivity index (χ0) is 15.6. The minimum absolute atomic E-state index is 0.223. The number of piperidine rings is 1. The number of aryl methyl sites for hydroxylation is 1. The Morgan fingerprint density at radius 2 is 2.29 bits per heavy atom. The molecule has 9 heteroatoms. The number of hydrogen-bond donors (Lipinski definition) is 3. The van der Waals surface area contributed by atoms with Crippen molar-refractivity contribution < 1.29 is 18.3 Å². The molecule has 8 nitrogen and oxygen atoms in total. The molecule has 0 amide bonds. The number of aromatic nitrogens is 2. The quantitative estimate of drug-likeness (QED) is 0.706. The molecule has 1 aromatic heterocycles. The molecule has 2 rings (SSSR count). The molecule has 0 radical (unpaired) electrons. The number of likely N-dealkylation sites (tertiary alicyclic amines) is 1. The third-order valence-corrected chi connectivity index (χ3v) is 5.23. The fraction of sp³-hybridized carbons (Fsp3) is 0.667. The molecule has 1 aliphatic heterocycles. The zero-order valence-corrected chi connectivity index (χ0v) is 12.9. The van der Waals surface area contributed by atoms with Crippen LogP contribution in [0.1, 0.15) is 29.0 Å². The molecular weight excluding hydrogens is 296 g/mol. The van der Waals surface area contributed by atoms with Crippen LogP contribution < -0.4 is 4.72 Å². The van der Waals surface area contributed by atoms with E-state index in [1.165, 1.54) is 6.92 Å². The summed E-state index contributed by atoms with van der Waals surface area (Å²) in [7, 11) is -1.88. The lowest BCUT2D eigenvalue weighted by Gasteiger charge is -2.29. The second-order valence-electron chi connectivity index (χ2n) is 5.45. The highest BCUT2D eigenvalue weighted by molar-refractivity contribution is 7.89. The smallest absolute Gasteiger partial charge is 0.357 e. The summed E-state index contributed by atoms with van der Waals surface area (Å²) in [5.74, 6) is -1.13. The van der Waals surface area contributed by atoms with Crippen LogP contribution in [0.25, 0.3) is 0 Å². The Morgan fingerprint density at radius 3 is 2.90 bits per heavy atom. The van der Waals surface area contributed by atoms with Gasteiger partial charge in [-0.1, -0.05) is 0 Å². The van der Waals surface area contributed by atoms with E-state index in [9.17, 15) is 13.2 Å². The standard InChI is InChI=1S/C12H20N4O4S/c1-8-11(10(12(17)18)15-14-8)21(19,20)13-6-9-4-3-5-16(2)7-9/h9,13H,3-7H2,1-2H3,(H,14,15)(H,17,18). The third-order valence-electron chi connectivity index (χ3n) is 3.65. The Bertz CT molecular complexity index is 625. The Kier molecular flexibility index (Phi) is 4.64. The first-order valence-electron chi connectivity index (χ1n) is 6.77. The van der Waals surface area contributed by atoms with E-state index in [4.69, 9.17) is 5.11 Å². The number of carboxylic acid groups (broad SMARTS) is 1. The van der Waals surface area contributed by atoms with Gasteiger partial charge in [-0.05, 0) is 39.3 Å². The number of nitrogens with one attached hydrogen (secondary N) is 2. The molecule has 0 saturated carbocycles. The highest BCUT2D eigenvalue weighted by Gasteiger charge is 2.29. The lowest BCUT2D eigenvalue weighted by molar-refractivity contribution is 0.0686. The predicted molar refractivity (Wildman–Crippen MR) is 75.7 cm³/mol. The molecule has 1 aromatic rings. The van der Waals surface area contributed by atoms with Crippen molar-refractivity contribution in [3.63, 3.8) is 0 Å². The van der Waals surface area contributed by atoms with Crippen molar-refractivity contribution in [3.05, 3.63) is 11.4 Å². The van der Waals surface area contributed by atoms with E-state index in [0.29, 0.717) is 6.54 Å². The van der Waals surface area contributed by atoms with Crippen LogP contribution in [0.2, 0.25) is 0 Å². The Morgan fingerprint density at radius 1 is 1.57 bits per heavy atom. The molecule has 1 fully saturated rings. The molecule has 0 aliphatic carbocycles. The first kappa shape index (κ1) is 15.9. The third kappa shape index (κ3) is 3.60. The number of aromatic carboxylic acids is 1. The van der Waals surface area contributed by atoms with Gasteiger partial charge in [0.25, 0.3) is 0 Å². The molecule has 1 aliphatic rings. The summed E-state index contributed by atoms with van der Waals surface area (Å²) < 4.78 is 27.1. The van der Waals surface area contributed by atoms with Gasteiger partial charge in [0.1, 0.15) is 4.90 Å². The van der Waals surface area contributed by atoms with Crippen molar-refractivity contribution in [2.45, 2.75) is 24.7 Å². The first-order valence-corrected chi connectivity index (χ1v) is 8.26. The van der Waals surface area contributed by atoms with Crippen molar-refractivity contribution in [1.82, 2.24) is 19.8 Å². The van der Waals surface area contributed by atoms with Crippen LogP contribution in [-0.4, -0.2) is 61.3 Å². The second kappa shape index (κ2) is 6.12. The average molecular weight is 316 g/mol. The molecule has 0 bridgehead atoms. The van der Waals surface area contributed by atoms with E-state index < -0.39 is 21.7 Å². The van der Waals surface area contributed by atoms with Crippen molar-refractivity contribution >= 4 is 16.0 Å². The number of nitrogens with zero attached hydrogens (tertiary/aromatic N) is 2. The number of carbonyl (C=O) groups is 1. The summed E-state index contributed by atoms with van der Waals surface area (Å²) in [6.07, 6.45) is 2.00. The van der Waals surface area contributed by atoms with Crippen LogP contribution in [-0.2, 0) is 10.0 Å². The van der Waals surface area contributed by atoms with Crippen molar-refractivity contribution in [2.75, 3.05) is 26.7 Å². The molecule has 3 N–H and O–H groups in total. The van der Waals surface area contributed by atoms with Gasteiger partial charge in [0.2, 0.25) is 10.0 Å². The topological polar surface area (TPSA) is 115 Å². The van der Waals surface area contributed by atoms with Gasteiger partial charge in [0.05, 0.1) is 5.69 Å². The predicted octanol–water partition coefficient (Wildman–Crippen LogP) is 0.0364. The Labute approximate surface area is 123 Å². The summed E-state index contributed by atoms with van der Waals surface area (Å²) in [4.78, 5) is 12.9. The summed E-state index contributed by atoms with van der Waals surface area (Å²) in [6.45, 7) is 3.64. The van der Waals surface area contributed by atoms with Gasteiger partial charge in [0, 0.05) is 13.1 Å². The molecule has 118 valence electrons. The molecule has 1 saturated heterocycles. The van der Waals surface area contributed by atoms with Gasteiger partial charge in [-0.2, -0.15) is 5.10 Å². The Hall–Kier alpha value is -1.45. The monoisotopic (exact) mass is 316 g/mol. The van der Waals surface area contributed by atoms with E-state index in [2.05, 4.69) is 19.8 Å². The second-order valence-corrected chi connectivity index (χ2v) is 7.16. The number of carboxylic acids is 1. The highest BCUT2D eigenvalue weighted by Crippen LogP contribution is 2.19. The van der Waals surface area contributed by atoms with Crippen molar-refractivity contribution in [1.29, 1.82) is 0 Å². The van der Waals surface area contributed by atoms with Gasteiger partial charge in [-0.3, -0.25) is 5.10 Å². The molecule has 1 atom stereocenters. The van der Waals surface area contributed by atoms with Crippen LogP contribution in [0.15, 0.2) is 4.90 Å². The summed E-state index contributed by atoms with van der Waals surface area (Å²) in [6, 6.07) is 0. The lowest BCUT2D eigenvalue weighted by Crippen LogP contribution is -2.39. The van der Waals surface area contributed by atoms with E-state index in [1.54, 1.807) is 0 Å². The maximum Gasteiger partial charge on any atom is 0.357 e. The molecule has 1 unspecified atom stereocenters. The lowest BCUT2D eigenvalue weighted by atomic mass is 9.99. The molecule has 0 spiro atoms. The number of aromatic amines is 1. The highest BCUT2D eigenvalue weighted by atomic mass is 32.2.